The minimum atomic E-state index is 0.111. The van der Waals surface area contributed by atoms with Gasteiger partial charge in [-0.1, -0.05) is 36.0 Å². The lowest BCUT2D eigenvalue weighted by Crippen LogP contribution is -2.11. The predicted octanol–water partition coefficient (Wildman–Crippen LogP) is 2.55. The van der Waals surface area contributed by atoms with Crippen LogP contribution in [0, 0.1) is 13.8 Å². The van der Waals surface area contributed by atoms with Gasteiger partial charge in [0, 0.05) is 18.4 Å². The normalized spacial score (nSPS) is 10.0. The quantitative estimate of drug-likeness (QED) is 0.627. The van der Waals surface area contributed by atoms with Crippen molar-refractivity contribution in [3.8, 4) is 0 Å². The Labute approximate surface area is 95.5 Å². The highest BCUT2D eigenvalue weighted by atomic mass is 32.1. The third-order valence-corrected chi connectivity index (χ3v) is 2.48. The summed E-state index contributed by atoms with van der Waals surface area (Å²) in [5.41, 5.74) is 8.32. The Balaban J connectivity index is 2.78. The summed E-state index contributed by atoms with van der Waals surface area (Å²) in [5.74, 6) is 0.111. The minimum absolute atomic E-state index is 0.111. The molecule has 2 nitrogen and oxygen atoms in total. The summed E-state index contributed by atoms with van der Waals surface area (Å²) in [6.07, 6.45) is 0.890. The lowest BCUT2D eigenvalue weighted by atomic mass is 10.00. The van der Waals surface area contributed by atoms with Crippen molar-refractivity contribution in [3.05, 3.63) is 34.9 Å². The number of Topliss-reactive ketones (excluding diaryl/α,β-unsaturated/α-hetero) is 1. The van der Waals surface area contributed by atoms with E-state index in [0.717, 1.165) is 11.1 Å². The maximum absolute atomic E-state index is 11.8. The molecule has 1 rings (SSSR count). The van der Waals surface area contributed by atoms with Crippen LogP contribution >= 0.6 is 12.2 Å². The molecule has 0 aliphatic rings. The first-order valence-corrected chi connectivity index (χ1v) is 5.30. The van der Waals surface area contributed by atoms with E-state index in [9.17, 15) is 4.79 Å². The SMILES string of the molecule is Cc1ccc(C(=O)CCC(N)=S)c(C)c1. The lowest BCUT2D eigenvalue weighted by Gasteiger charge is -2.05. The number of aryl methyl sites for hydroxylation is 2. The average molecular weight is 221 g/mol. The van der Waals surface area contributed by atoms with E-state index in [1.165, 1.54) is 5.56 Å². The van der Waals surface area contributed by atoms with Crippen LogP contribution in [0.5, 0.6) is 0 Å². The summed E-state index contributed by atoms with van der Waals surface area (Å²) in [6, 6.07) is 5.82. The zero-order valence-electron chi connectivity index (χ0n) is 9.04. The zero-order chi connectivity index (χ0) is 11.4. The fraction of sp³-hybridized carbons (Fsp3) is 0.333. The molecule has 2 N–H and O–H groups in total. The predicted molar refractivity (Wildman–Crippen MR) is 66.3 cm³/mol. The van der Waals surface area contributed by atoms with E-state index in [0.29, 0.717) is 17.8 Å². The van der Waals surface area contributed by atoms with E-state index < -0.39 is 0 Å². The zero-order valence-corrected chi connectivity index (χ0v) is 9.86. The van der Waals surface area contributed by atoms with E-state index in [1.807, 2.05) is 32.0 Å². The van der Waals surface area contributed by atoms with Crippen molar-refractivity contribution >= 4 is 23.0 Å². The Hall–Kier alpha value is -1.22. The van der Waals surface area contributed by atoms with Gasteiger partial charge in [-0.25, -0.2) is 0 Å². The molecule has 0 aromatic heterocycles. The van der Waals surface area contributed by atoms with Gasteiger partial charge in [0.25, 0.3) is 0 Å². The van der Waals surface area contributed by atoms with E-state index in [-0.39, 0.29) is 5.78 Å². The highest BCUT2D eigenvalue weighted by molar-refractivity contribution is 7.80. The largest absolute Gasteiger partial charge is 0.393 e. The number of rotatable bonds is 4. The third-order valence-electron chi connectivity index (χ3n) is 2.28. The van der Waals surface area contributed by atoms with Crippen LogP contribution in [-0.2, 0) is 0 Å². The Kier molecular flexibility index (Phi) is 3.97. The molecule has 0 saturated carbocycles. The van der Waals surface area contributed by atoms with Crippen molar-refractivity contribution in [2.24, 2.45) is 5.73 Å². The first-order chi connectivity index (χ1) is 7.00. The van der Waals surface area contributed by atoms with Gasteiger partial charge in [0.15, 0.2) is 5.78 Å². The van der Waals surface area contributed by atoms with Crippen LogP contribution in [0.3, 0.4) is 0 Å². The van der Waals surface area contributed by atoms with E-state index in [2.05, 4.69) is 0 Å². The number of thiocarbonyl (C=S) groups is 1. The minimum Gasteiger partial charge on any atom is -0.393 e. The molecule has 0 saturated heterocycles. The molecule has 15 heavy (non-hydrogen) atoms. The number of ketones is 1. The summed E-state index contributed by atoms with van der Waals surface area (Å²) < 4.78 is 0. The second kappa shape index (κ2) is 5.03. The monoisotopic (exact) mass is 221 g/mol. The van der Waals surface area contributed by atoms with Crippen LogP contribution in [0.15, 0.2) is 18.2 Å². The molecule has 0 fully saturated rings. The third kappa shape index (κ3) is 3.44. The van der Waals surface area contributed by atoms with Crippen LogP contribution in [0.2, 0.25) is 0 Å². The number of nitrogens with two attached hydrogens (primary N) is 1. The molecule has 1 aromatic carbocycles. The standard InChI is InChI=1S/C12H15NOS/c1-8-3-4-10(9(2)7-8)11(14)5-6-12(13)15/h3-4,7H,5-6H2,1-2H3,(H2,13,15). The first kappa shape index (κ1) is 11.9. The molecule has 0 bridgehead atoms. The molecule has 0 amide bonds. The second-order valence-electron chi connectivity index (χ2n) is 3.71. The van der Waals surface area contributed by atoms with Crippen molar-refractivity contribution in [2.75, 3.05) is 0 Å². The lowest BCUT2D eigenvalue weighted by molar-refractivity contribution is 0.0984. The van der Waals surface area contributed by atoms with E-state index in [1.54, 1.807) is 0 Å². The van der Waals surface area contributed by atoms with Gasteiger partial charge >= 0.3 is 0 Å². The number of carbonyl (C=O) groups excluding carboxylic acids is 1. The van der Waals surface area contributed by atoms with Crippen LogP contribution in [0.1, 0.15) is 34.3 Å². The number of carbonyl (C=O) groups is 1. The molecule has 80 valence electrons. The highest BCUT2D eigenvalue weighted by Crippen LogP contribution is 2.13. The van der Waals surface area contributed by atoms with E-state index in [4.69, 9.17) is 18.0 Å². The Morgan fingerprint density at radius 3 is 2.53 bits per heavy atom. The first-order valence-electron chi connectivity index (χ1n) is 4.89. The van der Waals surface area contributed by atoms with Gasteiger partial charge in [0.1, 0.15) is 0 Å². The van der Waals surface area contributed by atoms with Gasteiger partial charge in [-0.05, 0) is 19.4 Å². The number of hydrogen-bond donors (Lipinski definition) is 1. The molecule has 1 aromatic rings. The Bertz CT molecular complexity index is 399. The Morgan fingerprint density at radius 2 is 2.00 bits per heavy atom. The van der Waals surface area contributed by atoms with Gasteiger partial charge in [0.05, 0.1) is 4.99 Å². The fourth-order valence-electron chi connectivity index (χ4n) is 1.50. The van der Waals surface area contributed by atoms with Gasteiger partial charge < -0.3 is 5.73 Å². The summed E-state index contributed by atoms with van der Waals surface area (Å²) in [7, 11) is 0. The summed E-state index contributed by atoms with van der Waals surface area (Å²) in [5, 5.41) is 0. The smallest absolute Gasteiger partial charge is 0.163 e. The van der Waals surface area contributed by atoms with Crippen LogP contribution in [0.25, 0.3) is 0 Å². The van der Waals surface area contributed by atoms with Crippen LogP contribution in [-0.4, -0.2) is 10.8 Å². The summed E-state index contributed by atoms with van der Waals surface area (Å²) in [6.45, 7) is 3.96. The van der Waals surface area contributed by atoms with Crippen LogP contribution < -0.4 is 5.73 Å². The molecule has 0 aliphatic heterocycles. The average Bonchev–Trinajstić information content (AvgIpc) is 2.14. The van der Waals surface area contributed by atoms with Crippen LogP contribution in [0.4, 0.5) is 0 Å². The number of benzene rings is 1. The van der Waals surface area contributed by atoms with Gasteiger partial charge in [-0.15, -0.1) is 0 Å². The number of hydrogen-bond acceptors (Lipinski definition) is 2. The maximum Gasteiger partial charge on any atom is 0.163 e. The van der Waals surface area contributed by atoms with Gasteiger partial charge in [-0.2, -0.15) is 0 Å². The molecular formula is C12H15NOS. The maximum atomic E-state index is 11.8. The molecule has 0 atom stereocenters. The molecule has 0 radical (unpaired) electrons. The van der Waals surface area contributed by atoms with Crippen molar-refractivity contribution < 1.29 is 4.79 Å². The van der Waals surface area contributed by atoms with Crippen molar-refractivity contribution in [1.82, 2.24) is 0 Å². The highest BCUT2D eigenvalue weighted by Gasteiger charge is 2.08. The molecule has 0 aliphatic carbocycles. The molecule has 0 heterocycles. The van der Waals surface area contributed by atoms with E-state index >= 15 is 0 Å². The second-order valence-corrected chi connectivity index (χ2v) is 4.23. The topological polar surface area (TPSA) is 43.1 Å². The summed E-state index contributed by atoms with van der Waals surface area (Å²) in [4.78, 5) is 12.2. The molecular weight excluding hydrogens is 206 g/mol. The van der Waals surface area contributed by atoms with Gasteiger partial charge in [0.2, 0.25) is 0 Å². The van der Waals surface area contributed by atoms with Crippen molar-refractivity contribution in [2.45, 2.75) is 26.7 Å². The molecule has 0 spiro atoms. The van der Waals surface area contributed by atoms with Crippen molar-refractivity contribution in [1.29, 1.82) is 0 Å². The summed E-state index contributed by atoms with van der Waals surface area (Å²) >= 11 is 4.74. The molecule has 3 heteroatoms. The van der Waals surface area contributed by atoms with Crippen molar-refractivity contribution in [3.63, 3.8) is 0 Å². The fourth-order valence-corrected chi connectivity index (χ4v) is 1.60. The molecule has 0 unspecified atom stereocenters. The van der Waals surface area contributed by atoms with Gasteiger partial charge in [-0.3, -0.25) is 4.79 Å². The Morgan fingerprint density at radius 1 is 1.33 bits per heavy atom.